The molecule has 22 heavy (non-hydrogen) atoms. The highest BCUT2D eigenvalue weighted by Crippen LogP contribution is 2.20. The summed E-state index contributed by atoms with van der Waals surface area (Å²) in [5.41, 5.74) is 1.21. The van der Waals surface area contributed by atoms with Crippen LogP contribution < -0.4 is 15.7 Å². The molecule has 0 fully saturated rings. The summed E-state index contributed by atoms with van der Waals surface area (Å²) in [5, 5.41) is 16.6. The smallest absolute Gasteiger partial charge is 0.319 e. The van der Waals surface area contributed by atoms with E-state index in [2.05, 4.69) is 10.6 Å². The summed E-state index contributed by atoms with van der Waals surface area (Å²) in [5.74, 6) is -1.26. The van der Waals surface area contributed by atoms with Crippen molar-refractivity contribution in [1.29, 1.82) is 0 Å². The summed E-state index contributed by atoms with van der Waals surface area (Å²) in [6.07, 6.45) is -0.345. The largest absolute Gasteiger partial charge is 0.550 e. The Labute approximate surface area is 132 Å². The van der Waals surface area contributed by atoms with Gasteiger partial charge in [0.15, 0.2) is 0 Å². The predicted molar refractivity (Wildman–Crippen MR) is 82.4 cm³/mol. The van der Waals surface area contributed by atoms with Gasteiger partial charge in [-0.3, -0.25) is 0 Å². The van der Waals surface area contributed by atoms with E-state index in [0.717, 1.165) is 0 Å². The number of hydrogen-bond acceptors (Lipinski definition) is 3. The Kier molecular flexibility index (Phi) is 5.38. The Morgan fingerprint density at radius 3 is 2.45 bits per heavy atom. The van der Waals surface area contributed by atoms with Gasteiger partial charge in [0.2, 0.25) is 0 Å². The molecule has 1 atom stereocenters. The average Bonchev–Trinajstić information content (AvgIpc) is 2.47. The van der Waals surface area contributed by atoms with E-state index in [4.69, 9.17) is 11.6 Å². The van der Waals surface area contributed by atoms with Gasteiger partial charge in [-0.25, -0.2) is 4.79 Å². The third kappa shape index (κ3) is 4.79. The predicted octanol–water partition coefficient (Wildman–Crippen LogP) is 2.34. The van der Waals surface area contributed by atoms with Crippen molar-refractivity contribution in [1.82, 2.24) is 5.32 Å². The number of anilines is 1. The first-order valence-corrected chi connectivity index (χ1v) is 7.00. The second-order valence-corrected chi connectivity index (χ2v) is 5.08. The van der Waals surface area contributed by atoms with Crippen LogP contribution in [0.25, 0.3) is 0 Å². The summed E-state index contributed by atoms with van der Waals surface area (Å²) in [6.45, 7) is 0. The second kappa shape index (κ2) is 7.47. The van der Waals surface area contributed by atoms with Gasteiger partial charge in [-0.05, 0) is 29.8 Å². The molecule has 0 aliphatic carbocycles. The van der Waals surface area contributed by atoms with Crippen LogP contribution >= 0.6 is 11.6 Å². The molecule has 114 valence electrons. The molecule has 2 amide bonds. The van der Waals surface area contributed by atoms with Crippen molar-refractivity contribution < 1.29 is 14.7 Å². The van der Waals surface area contributed by atoms with Gasteiger partial charge in [0, 0.05) is 23.1 Å². The molecule has 5 nitrogen and oxygen atoms in total. The number of aliphatic carboxylic acids is 1. The molecule has 0 aliphatic heterocycles. The number of carboxylic acid groups (broad SMARTS) is 1. The number of urea groups is 1. The summed E-state index contributed by atoms with van der Waals surface area (Å²) >= 11 is 5.90. The minimum atomic E-state index is -1.26. The van der Waals surface area contributed by atoms with Crippen molar-refractivity contribution in [2.75, 3.05) is 5.32 Å². The number of nitrogens with one attached hydrogen (secondary N) is 2. The number of benzene rings is 2. The number of carbonyl (C=O) groups excluding carboxylic acids is 2. The van der Waals surface area contributed by atoms with Gasteiger partial charge >= 0.3 is 6.03 Å². The Bertz CT molecular complexity index is 661. The number of para-hydroxylation sites is 1. The maximum absolute atomic E-state index is 12.0. The van der Waals surface area contributed by atoms with E-state index in [1.165, 1.54) is 0 Å². The molecule has 0 saturated carbocycles. The minimum Gasteiger partial charge on any atom is -0.550 e. The first-order chi connectivity index (χ1) is 10.5. The Morgan fingerprint density at radius 2 is 1.82 bits per heavy atom. The molecule has 0 saturated heterocycles. The molecule has 6 heteroatoms. The normalized spacial score (nSPS) is 11.5. The van der Waals surface area contributed by atoms with E-state index in [1.54, 1.807) is 48.5 Å². The number of amides is 2. The molecule has 0 heterocycles. The topological polar surface area (TPSA) is 81.3 Å². The molecular formula is C16H14ClN2O3-. The standard InChI is InChI=1S/C16H15ClN2O3/c17-12-6-4-5-11(9-12)14(10-15(20)21)19-16(22)18-13-7-2-1-3-8-13/h1-9,14H,10H2,(H,20,21)(H2,18,19,22)/p-1/t14-/m0/s1. The molecule has 0 aliphatic rings. The lowest BCUT2D eigenvalue weighted by Crippen LogP contribution is -2.36. The van der Waals surface area contributed by atoms with Gasteiger partial charge in [-0.2, -0.15) is 0 Å². The third-order valence-corrected chi connectivity index (χ3v) is 3.19. The van der Waals surface area contributed by atoms with Crippen molar-refractivity contribution >= 4 is 29.3 Å². The van der Waals surface area contributed by atoms with Crippen LogP contribution in [0.15, 0.2) is 54.6 Å². The Balaban J connectivity index is 2.09. The van der Waals surface area contributed by atoms with Crippen molar-refractivity contribution in [2.45, 2.75) is 12.5 Å². The maximum Gasteiger partial charge on any atom is 0.319 e. The summed E-state index contributed by atoms with van der Waals surface area (Å²) < 4.78 is 0. The SMILES string of the molecule is O=C([O-])C[C@H](NC(=O)Nc1ccccc1)c1cccc(Cl)c1. The number of hydrogen-bond donors (Lipinski definition) is 2. The second-order valence-electron chi connectivity index (χ2n) is 4.65. The van der Waals surface area contributed by atoms with Crippen LogP contribution in [0.1, 0.15) is 18.0 Å². The van der Waals surface area contributed by atoms with E-state index < -0.39 is 18.0 Å². The quantitative estimate of drug-likeness (QED) is 0.888. The van der Waals surface area contributed by atoms with E-state index >= 15 is 0 Å². The van der Waals surface area contributed by atoms with Gasteiger partial charge in [0.05, 0.1) is 6.04 Å². The van der Waals surface area contributed by atoms with Crippen LogP contribution in [-0.4, -0.2) is 12.0 Å². The van der Waals surface area contributed by atoms with Gasteiger partial charge in [-0.15, -0.1) is 0 Å². The monoisotopic (exact) mass is 317 g/mol. The average molecular weight is 318 g/mol. The van der Waals surface area contributed by atoms with E-state index in [0.29, 0.717) is 16.3 Å². The Hall–Kier alpha value is -2.53. The van der Waals surface area contributed by atoms with Crippen LogP contribution in [0.2, 0.25) is 5.02 Å². The molecule has 0 bridgehead atoms. The highest BCUT2D eigenvalue weighted by molar-refractivity contribution is 6.30. The molecule has 2 rings (SSSR count). The molecule has 0 spiro atoms. The van der Waals surface area contributed by atoms with Crippen molar-refractivity contribution in [3.05, 3.63) is 65.2 Å². The van der Waals surface area contributed by atoms with Gasteiger partial charge in [0.25, 0.3) is 0 Å². The summed E-state index contributed by atoms with van der Waals surface area (Å²) in [7, 11) is 0. The van der Waals surface area contributed by atoms with Crippen LogP contribution in [0.5, 0.6) is 0 Å². The van der Waals surface area contributed by atoms with Crippen molar-refractivity contribution in [3.63, 3.8) is 0 Å². The molecule has 2 aromatic rings. The molecule has 0 radical (unpaired) electrons. The molecule has 0 unspecified atom stereocenters. The first kappa shape index (κ1) is 15.9. The molecule has 0 aromatic heterocycles. The van der Waals surface area contributed by atoms with Crippen LogP contribution in [0, 0.1) is 0 Å². The number of carboxylic acids is 1. The number of halogens is 1. The fourth-order valence-electron chi connectivity index (χ4n) is 1.99. The summed E-state index contributed by atoms with van der Waals surface area (Å²) in [6, 6.07) is 14.3. The van der Waals surface area contributed by atoms with Gasteiger partial charge < -0.3 is 20.5 Å². The number of carbonyl (C=O) groups is 2. The van der Waals surface area contributed by atoms with Gasteiger partial charge in [-0.1, -0.05) is 41.9 Å². The lowest BCUT2D eigenvalue weighted by molar-refractivity contribution is -0.306. The number of rotatable bonds is 5. The Morgan fingerprint density at radius 1 is 1.09 bits per heavy atom. The minimum absolute atomic E-state index is 0.345. The van der Waals surface area contributed by atoms with E-state index in [9.17, 15) is 14.7 Å². The zero-order valence-electron chi connectivity index (χ0n) is 11.6. The fraction of sp³-hybridized carbons (Fsp3) is 0.125. The van der Waals surface area contributed by atoms with Crippen molar-refractivity contribution in [3.8, 4) is 0 Å². The van der Waals surface area contributed by atoms with Crippen LogP contribution in [0.3, 0.4) is 0 Å². The zero-order chi connectivity index (χ0) is 15.9. The molecule has 2 aromatic carbocycles. The lowest BCUT2D eigenvalue weighted by Gasteiger charge is -2.20. The highest BCUT2D eigenvalue weighted by Gasteiger charge is 2.15. The molecule has 2 N–H and O–H groups in total. The summed E-state index contributed by atoms with van der Waals surface area (Å²) in [4.78, 5) is 22.9. The van der Waals surface area contributed by atoms with Gasteiger partial charge in [0.1, 0.15) is 0 Å². The fourth-order valence-corrected chi connectivity index (χ4v) is 2.19. The van der Waals surface area contributed by atoms with E-state index in [1.807, 2.05) is 6.07 Å². The highest BCUT2D eigenvalue weighted by atomic mass is 35.5. The maximum atomic E-state index is 12.0. The zero-order valence-corrected chi connectivity index (χ0v) is 12.3. The van der Waals surface area contributed by atoms with Crippen LogP contribution in [0.4, 0.5) is 10.5 Å². The lowest BCUT2D eigenvalue weighted by atomic mass is 10.0. The third-order valence-electron chi connectivity index (χ3n) is 2.96. The molecular weight excluding hydrogens is 304 g/mol. The van der Waals surface area contributed by atoms with Crippen LogP contribution in [-0.2, 0) is 4.79 Å². The van der Waals surface area contributed by atoms with Crippen molar-refractivity contribution in [2.24, 2.45) is 0 Å². The van der Waals surface area contributed by atoms with E-state index in [-0.39, 0.29) is 6.42 Å². The first-order valence-electron chi connectivity index (χ1n) is 6.62.